The van der Waals surface area contributed by atoms with Gasteiger partial charge in [-0.25, -0.2) is 38.4 Å². The largest absolute Gasteiger partial charge is 0.508 e. The molecule has 1 fully saturated rings. The number of carbonyl (C=O) groups is 2. The molecule has 0 radical (unpaired) electrons. The number of carboxylic acid groups (broad SMARTS) is 1. The summed E-state index contributed by atoms with van der Waals surface area (Å²) in [6, 6.07) is 49.7. The molecule has 0 amide bonds. The van der Waals surface area contributed by atoms with E-state index in [1.807, 2.05) is 84.0 Å². The minimum absolute atomic E-state index is 0. The van der Waals surface area contributed by atoms with Crippen LogP contribution in [-0.4, -0.2) is 48.3 Å². The lowest BCUT2D eigenvalue weighted by Crippen LogP contribution is -2.34. The number of nitrogens with zero attached hydrogens (tertiary/aromatic N) is 3. The topological polar surface area (TPSA) is 376 Å². The Labute approximate surface area is 736 Å². The molecule has 12 heterocycles. The van der Waals surface area contributed by atoms with Gasteiger partial charge in [-0.1, -0.05) is 43.5 Å². The predicted octanol–water partition coefficient (Wildman–Crippen LogP) is 19.0. The Morgan fingerprint density at radius 2 is 0.961 bits per heavy atom. The van der Waals surface area contributed by atoms with Crippen LogP contribution in [0.4, 0.5) is 41.6 Å². The SMILES string of the molecule is C#CNc1cc2oc(=O)cc(C)c2cc1C.C#CNc1ccc2c(C)cc(=O)oc2c1.Cc1cc(=O)oc2cc(N)ccc12.Cc1cc(=O)oc2cc(O)ccc12.Cc1ccc2c(C(F)(F)F)cc(=O)oc2c1.Cc1ccc2c(c1)OC(=O)C1CCCC21.N#Cc1cc2cc3c4c(c2oc1=O)CCCN4CCC3.O=C(O)c1cc2cc3c4c(c2oc1=O)CCCN4CCC3.[HH].[HH]. The van der Waals surface area contributed by atoms with Crippen LogP contribution in [-0.2, 0) is 36.7 Å². The van der Waals surface area contributed by atoms with Crippen LogP contribution in [0.3, 0.4) is 0 Å². The van der Waals surface area contributed by atoms with Crippen LogP contribution in [0.2, 0.25) is 0 Å². The number of hydrogen-bond acceptors (Lipinski definition) is 24. The maximum Gasteiger partial charge on any atom is 0.417 e. The molecule has 7 aromatic heterocycles. The fourth-order valence-electron chi connectivity index (χ4n) is 17.3. The van der Waals surface area contributed by atoms with Crippen molar-refractivity contribution in [1.29, 1.82) is 5.26 Å². The number of carboxylic acids is 1. The number of carbonyl (C=O) groups excluding carboxylic acids is 1. The van der Waals surface area contributed by atoms with Crippen molar-refractivity contribution >= 4 is 117 Å². The highest BCUT2D eigenvalue weighted by atomic mass is 19.4. The first-order valence-electron chi connectivity index (χ1n) is 41.6. The number of alkyl halides is 3. The summed E-state index contributed by atoms with van der Waals surface area (Å²) in [7, 11) is 0. The van der Waals surface area contributed by atoms with E-state index in [1.165, 1.54) is 89.1 Å². The van der Waals surface area contributed by atoms with Gasteiger partial charge in [0.15, 0.2) is 0 Å². The number of hydrogen-bond donors (Lipinski definition) is 5. The van der Waals surface area contributed by atoms with E-state index in [0.29, 0.717) is 51.2 Å². The molecule has 0 spiro atoms. The highest BCUT2D eigenvalue weighted by Gasteiger charge is 2.41. The lowest BCUT2D eigenvalue weighted by atomic mass is 9.86. The lowest BCUT2D eigenvalue weighted by Gasteiger charge is -2.37. The van der Waals surface area contributed by atoms with E-state index in [0.717, 1.165) is 190 Å². The number of phenolic OH excluding ortho intramolecular Hbond substituents is 1. The second-order valence-corrected chi connectivity index (χ2v) is 32.2. The third kappa shape index (κ3) is 20.0. The van der Waals surface area contributed by atoms with Gasteiger partial charge >= 0.3 is 57.5 Å². The molecule has 8 aromatic carbocycles. The van der Waals surface area contributed by atoms with Crippen molar-refractivity contribution in [2.24, 2.45) is 5.92 Å². The molecule has 2 atom stereocenters. The van der Waals surface area contributed by atoms with E-state index < -0.39 is 40.2 Å². The summed E-state index contributed by atoms with van der Waals surface area (Å²) in [5.74, 6) is 0.181. The number of phenols is 1. The van der Waals surface area contributed by atoms with Gasteiger partial charge in [0, 0.05) is 173 Å². The molecule has 1 saturated carbocycles. The number of halogens is 3. The van der Waals surface area contributed by atoms with Gasteiger partial charge in [0.1, 0.15) is 67.8 Å². The van der Waals surface area contributed by atoms with Crippen molar-refractivity contribution in [2.45, 2.75) is 131 Å². The molecule has 2 unspecified atom stereocenters. The molecule has 0 bridgehead atoms. The number of rotatable bonds is 3. The van der Waals surface area contributed by atoms with E-state index >= 15 is 0 Å². The lowest BCUT2D eigenvalue weighted by molar-refractivity contribution is -0.140. The highest BCUT2D eigenvalue weighted by Crippen LogP contribution is 2.48. The van der Waals surface area contributed by atoms with Crippen LogP contribution in [0.25, 0.3) is 76.8 Å². The number of nitrogens with two attached hydrogens (primary N) is 1. The van der Waals surface area contributed by atoms with Crippen LogP contribution in [0.5, 0.6) is 11.5 Å². The number of aryl methyl sites for hydroxylation is 11. The normalized spacial score (nSPS) is 14.6. The van der Waals surface area contributed by atoms with E-state index in [4.69, 9.17) is 69.7 Å². The maximum atomic E-state index is 12.6. The number of nitrogen functional groups attached to an aromatic ring is 1. The van der Waals surface area contributed by atoms with Gasteiger partial charge in [-0.2, -0.15) is 18.4 Å². The molecule has 6 N–H and O–H groups in total. The zero-order chi connectivity index (χ0) is 92.0. The third-order valence-corrected chi connectivity index (χ3v) is 23.2. The van der Waals surface area contributed by atoms with Gasteiger partial charge in [-0.3, -0.25) is 4.79 Å². The number of esters is 1. The standard InChI is InChI=1S/C16H14N2O2.C16H15NO4.C13H11NO2.C13H14O2.C12H9NO2.C11H7F3O2.C10H9NO2.C10H8O3.2H2/c17-9-12-8-11-7-10-3-1-5-18-6-2-4-13(14(10)18)15(11)20-16(12)19;18-15(19)12-8-10-7-9-3-1-5-17-6-2-4-11(13(9)17)14(10)21-16(12)20;1-4-14-11-7-12-10(5-9(11)3)8(2)6-13(15)16-12;1-8-5-6-10-9-3-2-4-11(9)13(14)15-12(10)7-8;1-3-13-9-4-5-10-8(2)6-12(14)15-11(10)7-9;1-6-2-3-7-8(11(12,13)14)5-10(15)16-9(7)4-6;2*1-6-4-10(12)13-9-5-7(11)2-3-8(6)9;;/h7-8H,1-6H2;7-8H,1-6H2,(H,18,19);1,5-7,14H,2-3H3;5-7,9,11H,2-4H2,1H3;1,4-7,13H,2H3;2-5H,1H3;2-5H,11H2,1H3;2-5,11H,1H3;2*1H. The fourth-order valence-corrected chi connectivity index (χ4v) is 17.3. The molecule has 5 aliphatic heterocycles. The Kier molecular flexibility index (Phi) is 26.4. The van der Waals surface area contributed by atoms with Gasteiger partial charge < -0.3 is 72.0 Å². The second-order valence-electron chi connectivity index (χ2n) is 32.2. The molecule has 6 aliphatic rings. The molecule has 0 saturated heterocycles. The number of anilines is 5. The predicted molar refractivity (Wildman–Crippen MR) is 492 cm³/mol. The Balaban J connectivity index is 0.000000136. The molecule has 15 aromatic rings. The average Bonchev–Trinajstić information content (AvgIpc) is 1.13. The monoisotopic (exact) mass is 1750 g/mol. The summed E-state index contributed by atoms with van der Waals surface area (Å²) in [5, 5.41) is 37.8. The Bertz CT molecular complexity index is 7520. The molecule has 129 heavy (non-hydrogen) atoms. The summed E-state index contributed by atoms with van der Waals surface area (Å²) >= 11 is 0. The zero-order valence-corrected chi connectivity index (χ0v) is 71.3. The number of ether oxygens (including phenoxy) is 1. The van der Waals surface area contributed by atoms with Gasteiger partial charge in [0.05, 0.1) is 17.2 Å². The van der Waals surface area contributed by atoms with Gasteiger partial charge in [-0.15, -0.1) is 0 Å². The van der Waals surface area contributed by atoms with Gasteiger partial charge in [-0.05, 0) is 247 Å². The number of nitrogens with one attached hydrogen (secondary N) is 2. The van der Waals surface area contributed by atoms with Crippen molar-refractivity contribution < 1.29 is 71.5 Å². The first kappa shape index (κ1) is 89.6. The van der Waals surface area contributed by atoms with Crippen LogP contribution >= 0.6 is 0 Å². The van der Waals surface area contributed by atoms with Crippen molar-refractivity contribution in [3.63, 3.8) is 0 Å². The molecule has 1 aliphatic carbocycles. The minimum Gasteiger partial charge on any atom is -0.508 e. The first-order chi connectivity index (χ1) is 61.7. The van der Waals surface area contributed by atoms with Crippen molar-refractivity contribution in [3.8, 4) is 42.5 Å². The Morgan fingerprint density at radius 3 is 1.52 bits per heavy atom. The summed E-state index contributed by atoms with van der Waals surface area (Å²) in [6.07, 6.45) is 17.3. The third-order valence-electron chi connectivity index (χ3n) is 23.2. The van der Waals surface area contributed by atoms with Gasteiger partial charge in [0.2, 0.25) is 0 Å². The number of terminal acetylenes is 2. The first-order valence-corrected chi connectivity index (χ1v) is 41.6. The van der Waals surface area contributed by atoms with E-state index in [9.17, 15) is 56.3 Å². The summed E-state index contributed by atoms with van der Waals surface area (Å²) in [6.45, 7) is 17.4. The van der Waals surface area contributed by atoms with Crippen LogP contribution < -0.4 is 70.3 Å². The summed E-state index contributed by atoms with van der Waals surface area (Å²) < 4.78 is 78.9. The van der Waals surface area contributed by atoms with Gasteiger partial charge in [0.25, 0.3) is 0 Å². The van der Waals surface area contributed by atoms with Crippen molar-refractivity contribution in [1.82, 2.24) is 0 Å². The summed E-state index contributed by atoms with van der Waals surface area (Å²) in [5.41, 5.74) is 21.1. The minimum atomic E-state index is -4.55. The van der Waals surface area contributed by atoms with Crippen LogP contribution in [0, 0.1) is 90.7 Å². The van der Waals surface area contributed by atoms with Crippen molar-refractivity contribution in [3.05, 3.63) is 314 Å². The quantitative estimate of drug-likeness (QED) is 0.0274. The molecule has 28 heteroatoms. The molecular formula is C101H91F3N6O19. The number of nitriles is 1. The zero-order valence-electron chi connectivity index (χ0n) is 71.3. The van der Waals surface area contributed by atoms with Crippen LogP contribution in [0.1, 0.15) is 142 Å². The van der Waals surface area contributed by atoms with E-state index in [1.54, 1.807) is 49.4 Å². The number of fused-ring (bicyclic) bond motifs is 12. The Morgan fingerprint density at radius 1 is 0.488 bits per heavy atom. The summed E-state index contributed by atoms with van der Waals surface area (Å²) in [4.78, 5) is 107. The Hall–Kier alpha value is -15.6. The van der Waals surface area contributed by atoms with E-state index in [-0.39, 0.29) is 59.5 Å². The van der Waals surface area contributed by atoms with Crippen molar-refractivity contribution in [2.75, 3.05) is 52.3 Å². The smallest absolute Gasteiger partial charge is 0.417 e. The fraction of sp³-hybridized carbons (Fsp3) is 0.248. The number of aromatic hydroxyl groups is 1. The van der Waals surface area contributed by atoms with E-state index in [2.05, 4.69) is 50.7 Å². The number of aromatic carboxylic acids is 1. The second kappa shape index (κ2) is 38.1. The number of benzene rings is 8. The molecule has 21 rings (SSSR count). The molecule has 25 nitrogen and oxygen atoms in total. The maximum absolute atomic E-state index is 12.6. The molecular weight excluding hydrogens is 1660 g/mol. The van der Waals surface area contributed by atoms with Crippen LogP contribution in [0.15, 0.2) is 222 Å². The average molecular weight is 1750 g/mol. The highest BCUT2D eigenvalue weighted by molar-refractivity contribution is 5.96. The molecule has 660 valence electrons.